The van der Waals surface area contributed by atoms with Gasteiger partial charge in [0, 0.05) is 26.1 Å². The van der Waals surface area contributed by atoms with Crippen LogP contribution in [-0.2, 0) is 24.4 Å². The molecule has 2 heterocycles. The predicted molar refractivity (Wildman–Crippen MR) is 88.2 cm³/mol. The highest BCUT2D eigenvalue weighted by atomic mass is 16.1. The molecule has 0 bridgehead atoms. The van der Waals surface area contributed by atoms with Crippen LogP contribution in [0.15, 0.2) is 18.2 Å². The number of amides is 1. The van der Waals surface area contributed by atoms with E-state index in [1.54, 1.807) is 0 Å². The van der Waals surface area contributed by atoms with Crippen molar-refractivity contribution >= 4 is 5.91 Å². The van der Waals surface area contributed by atoms with Gasteiger partial charge in [-0.2, -0.15) is 0 Å². The van der Waals surface area contributed by atoms with Gasteiger partial charge in [0.1, 0.15) is 0 Å². The standard InChI is InChI=1S/C18H27N3O/c1-13(15-3-2-6-19-10-15)7-18(22)21-9-14-4-5-16-11-20-12-17(16)8-14/h4-5,8,13,15,19-20H,2-3,6-7,9-12H2,1H3,(H,21,22). The third kappa shape index (κ3) is 3.87. The monoisotopic (exact) mass is 301 g/mol. The summed E-state index contributed by atoms with van der Waals surface area (Å²) in [5, 5.41) is 9.86. The Labute approximate surface area is 133 Å². The van der Waals surface area contributed by atoms with Gasteiger partial charge < -0.3 is 16.0 Å². The van der Waals surface area contributed by atoms with Crippen molar-refractivity contribution in [3.63, 3.8) is 0 Å². The van der Waals surface area contributed by atoms with Crippen LogP contribution in [0.5, 0.6) is 0 Å². The fraction of sp³-hybridized carbons (Fsp3) is 0.611. The lowest BCUT2D eigenvalue weighted by atomic mass is 9.85. The van der Waals surface area contributed by atoms with Crippen LogP contribution in [-0.4, -0.2) is 19.0 Å². The van der Waals surface area contributed by atoms with Crippen LogP contribution in [0.1, 0.15) is 42.9 Å². The van der Waals surface area contributed by atoms with E-state index in [1.165, 1.54) is 29.5 Å². The lowest BCUT2D eigenvalue weighted by Crippen LogP contribution is -2.35. The van der Waals surface area contributed by atoms with Gasteiger partial charge in [0.25, 0.3) is 0 Å². The molecule has 4 heteroatoms. The summed E-state index contributed by atoms with van der Waals surface area (Å²) < 4.78 is 0. The Morgan fingerprint density at radius 3 is 3.00 bits per heavy atom. The minimum absolute atomic E-state index is 0.177. The summed E-state index contributed by atoms with van der Waals surface area (Å²) in [4.78, 5) is 12.2. The van der Waals surface area contributed by atoms with Crippen LogP contribution >= 0.6 is 0 Å². The molecule has 2 aliphatic rings. The Morgan fingerprint density at radius 1 is 1.32 bits per heavy atom. The topological polar surface area (TPSA) is 53.2 Å². The first-order chi connectivity index (χ1) is 10.7. The number of carbonyl (C=O) groups excluding carboxylic acids is 1. The van der Waals surface area contributed by atoms with E-state index in [4.69, 9.17) is 0 Å². The molecule has 3 rings (SSSR count). The largest absolute Gasteiger partial charge is 0.352 e. The van der Waals surface area contributed by atoms with Crippen molar-refractivity contribution in [1.82, 2.24) is 16.0 Å². The van der Waals surface area contributed by atoms with Crippen LogP contribution < -0.4 is 16.0 Å². The Bertz CT molecular complexity index is 523. The normalized spacial score (nSPS) is 22.1. The molecule has 0 spiro atoms. The maximum atomic E-state index is 12.2. The molecule has 0 aromatic heterocycles. The molecule has 0 aliphatic carbocycles. The third-order valence-electron chi connectivity index (χ3n) is 5.04. The average Bonchev–Trinajstić information content (AvgIpc) is 3.01. The van der Waals surface area contributed by atoms with Crippen molar-refractivity contribution in [2.24, 2.45) is 11.8 Å². The summed E-state index contributed by atoms with van der Waals surface area (Å²) in [5.41, 5.74) is 3.95. The Morgan fingerprint density at radius 2 is 2.18 bits per heavy atom. The van der Waals surface area contributed by atoms with Gasteiger partial charge in [0.2, 0.25) is 5.91 Å². The molecule has 1 aromatic carbocycles. The van der Waals surface area contributed by atoms with Crippen LogP contribution in [0.4, 0.5) is 0 Å². The smallest absolute Gasteiger partial charge is 0.220 e. The van der Waals surface area contributed by atoms with Crippen molar-refractivity contribution < 1.29 is 4.79 Å². The first-order valence-corrected chi connectivity index (χ1v) is 8.51. The number of rotatable bonds is 5. The molecule has 1 saturated heterocycles. The van der Waals surface area contributed by atoms with Crippen molar-refractivity contribution in [3.05, 3.63) is 34.9 Å². The van der Waals surface area contributed by atoms with Crippen molar-refractivity contribution in [2.75, 3.05) is 13.1 Å². The van der Waals surface area contributed by atoms with Gasteiger partial charge in [-0.1, -0.05) is 25.1 Å². The number of benzene rings is 1. The molecule has 1 amide bonds. The molecule has 1 fully saturated rings. The number of piperidine rings is 1. The molecule has 2 atom stereocenters. The summed E-state index contributed by atoms with van der Waals surface area (Å²) in [6, 6.07) is 6.51. The zero-order chi connectivity index (χ0) is 15.4. The zero-order valence-corrected chi connectivity index (χ0v) is 13.5. The molecular formula is C18H27N3O. The Balaban J connectivity index is 1.45. The molecule has 22 heavy (non-hydrogen) atoms. The molecule has 0 radical (unpaired) electrons. The summed E-state index contributed by atoms with van der Waals surface area (Å²) >= 11 is 0. The minimum Gasteiger partial charge on any atom is -0.352 e. The summed E-state index contributed by atoms with van der Waals surface area (Å²) in [6.07, 6.45) is 3.12. The Hall–Kier alpha value is -1.39. The number of carbonyl (C=O) groups is 1. The van der Waals surface area contributed by atoms with E-state index in [-0.39, 0.29) is 5.91 Å². The van der Waals surface area contributed by atoms with Crippen LogP contribution in [0.3, 0.4) is 0 Å². The highest BCUT2D eigenvalue weighted by Gasteiger charge is 2.21. The fourth-order valence-corrected chi connectivity index (χ4v) is 3.55. The summed E-state index contributed by atoms with van der Waals surface area (Å²) in [5.74, 6) is 1.28. The van der Waals surface area contributed by atoms with E-state index in [9.17, 15) is 4.79 Å². The van der Waals surface area contributed by atoms with E-state index in [1.807, 2.05) is 0 Å². The quantitative estimate of drug-likeness (QED) is 0.779. The molecule has 3 N–H and O–H groups in total. The fourth-order valence-electron chi connectivity index (χ4n) is 3.55. The van der Waals surface area contributed by atoms with E-state index in [0.717, 1.165) is 26.2 Å². The molecule has 2 aliphatic heterocycles. The average molecular weight is 301 g/mol. The zero-order valence-electron chi connectivity index (χ0n) is 13.5. The first kappa shape index (κ1) is 15.5. The van der Waals surface area contributed by atoms with E-state index >= 15 is 0 Å². The first-order valence-electron chi connectivity index (χ1n) is 8.51. The lowest BCUT2D eigenvalue weighted by Gasteiger charge is -2.28. The van der Waals surface area contributed by atoms with Gasteiger partial charge in [-0.3, -0.25) is 4.79 Å². The van der Waals surface area contributed by atoms with E-state index in [2.05, 4.69) is 41.1 Å². The minimum atomic E-state index is 0.177. The second-order valence-corrected chi connectivity index (χ2v) is 6.77. The van der Waals surface area contributed by atoms with Gasteiger partial charge in [-0.25, -0.2) is 0 Å². The maximum Gasteiger partial charge on any atom is 0.220 e. The van der Waals surface area contributed by atoms with Crippen LogP contribution in [0.25, 0.3) is 0 Å². The van der Waals surface area contributed by atoms with Gasteiger partial charge in [0.05, 0.1) is 0 Å². The molecule has 4 nitrogen and oxygen atoms in total. The van der Waals surface area contributed by atoms with Gasteiger partial charge in [-0.05, 0) is 54.5 Å². The second-order valence-electron chi connectivity index (χ2n) is 6.77. The van der Waals surface area contributed by atoms with Gasteiger partial charge >= 0.3 is 0 Å². The number of nitrogens with one attached hydrogen (secondary N) is 3. The van der Waals surface area contributed by atoms with Gasteiger partial charge in [0.15, 0.2) is 0 Å². The lowest BCUT2D eigenvalue weighted by molar-refractivity contribution is -0.122. The Kier molecular flexibility index (Phi) is 5.11. The maximum absolute atomic E-state index is 12.2. The van der Waals surface area contributed by atoms with Crippen molar-refractivity contribution in [2.45, 2.75) is 45.8 Å². The molecule has 2 unspecified atom stereocenters. The van der Waals surface area contributed by atoms with Crippen LogP contribution in [0, 0.1) is 11.8 Å². The molecular weight excluding hydrogens is 274 g/mol. The van der Waals surface area contributed by atoms with Crippen LogP contribution in [0.2, 0.25) is 0 Å². The number of hydrogen-bond donors (Lipinski definition) is 3. The number of hydrogen-bond acceptors (Lipinski definition) is 3. The molecule has 1 aromatic rings. The highest BCUT2D eigenvalue weighted by molar-refractivity contribution is 5.76. The van der Waals surface area contributed by atoms with E-state index in [0.29, 0.717) is 24.8 Å². The molecule has 0 saturated carbocycles. The second kappa shape index (κ2) is 7.25. The third-order valence-corrected chi connectivity index (χ3v) is 5.04. The highest BCUT2D eigenvalue weighted by Crippen LogP contribution is 2.22. The van der Waals surface area contributed by atoms with Gasteiger partial charge in [-0.15, -0.1) is 0 Å². The molecule has 120 valence electrons. The summed E-state index contributed by atoms with van der Waals surface area (Å²) in [6.45, 7) is 6.95. The number of fused-ring (bicyclic) bond motifs is 1. The predicted octanol–water partition coefficient (Wildman–Crippen LogP) is 1.93. The van der Waals surface area contributed by atoms with Crippen molar-refractivity contribution in [3.8, 4) is 0 Å². The SMILES string of the molecule is CC(CC(=O)NCc1ccc2c(c1)CNC2)C1CCCNC1. The summed E-state index contributed by atoms with van der Waals surface area (Å²) in [7, 11) is 0. The van der Waals surface area contributed by atoms with E-state index < -0.39 is 0 Å². The van der Waals surface area contributed by atoms with Crippen molar-refractivity contribution in [1.29, 1.82) is 0 Å².